The summed E-state index contributed by atoms with van der Waals surface area (Å²) in [4.78, 5) is 40.0. The highest BCUT2D eigenvalue weighted by atomic mass is 16.6. The Balaban J connectivity index is 1.50. The molecular formula is C31H32N4O8. The average molecular weight is 589 g/mol. The topological polar surface area (TPSA) is 166 Å². The van der Waals surface area contributed by atoms with Crippen LogP contribution in [0, 0.1) is 5.41 Å². The van der Waals surface area contributed by atoms with Crippen LogP contribution in [0.4, 0.5) is 0 Å². The molecule has 1 fully saturated rings. The van der Waals surface area contributed by atoms with E-state index in [2.05, 4.69) is 15.0 Å². The van der Waals surface area contributed by atoms with Crippen LogP contribution in [-0.2, 0) is 36.6 Å². The molecule has 1 aliphatic carbocycles. The van der Waals surface area contributed by atoms with Crippen molar-refractivity contribution in [3.63, 3.8) is 0 Å². The van der Waals surface area contributed by atoms with Crippen LogP contribution in [0.25, 0.3) is 33.5 Å². The van der Waals surface area contributed by atoms with Gasteiger partial charge in [0.25, 0.3) is 0 Å². The van der Waals surface area contributed by atoms with Crippen LogP contribution in [-0.4, -0.2) is 84.9 Å². The molecule has 6 rings (SSSR count). The summed E-state index contributed by atoms with van der Waals surface area (Å²) >= 11 is 0. The lowest BCUT2D eigenvalue weighted by Crippen LogP contribution is -2.43. The number of aliphatic hydroxyl groups is 3. The lowest BCUT2D eigenvalue weighted by Gasteiger charge is -2.23. The second-order valence-corrected chi connectivity index (χ2v) is 10.7. The smallest absolute Gasteiger partial charge is 0.324 e. The van der Waals surface area contributed by atoms with Crippen molar-refractivity contribution in [2.24, 2.45) is 5.41 Å². The molecule has 4 atom stereocenters. The number of fused-ring (bicyclic) bond motifs is 2. The molecule has 224 valence electrons. The van der Waals surface area contributed by atoms with Crippen LogP contribution in [0.5, 0.6) is 0 Å². The lowest BCUT2D eigenvalue weighted by molar-refractivity contribution is -0.171. The van der Waals surface area contributed by atoms with E-state index in [1.807, 2.05) is 42.5 Å². The number of imidazole rings is 1. The van der Waals surface area contributed by atoms with E-state index in [1.165, 1.54) is 17.2 Å². The molecule has 12 heteroatoms. The second-order valence-electron chi connectivity index (χ2n) is 10.7. The van der Waals surface area contributed by atoms with Gasteiger partial charge in [0, 0.05) is 5.56 Å². The minimum atomic E-state index is -1.50. The maximum absolute atomic E-state index is 13.2. The number of carbonyl (C=O) groups is 2. The number of benzene rings is 2. The maximum Gasteiger partial charge on any atom is 0.324 e. The number of ether oxygens (including phenoxy) is 3. The summed E-state index contributed by atoms with van der Waals surface area (Å²) in [5.74, 6) is -1.23. The number of aliphatic hydroxyl groups excluding tert-OH is 3. The largest absolute Gasteiger partial charge is 0.465 e. The number of hydrogen-bond acceptors (Lipinski definition) is 11. The summed E-state index contributed by atoms with van der Waals surface area (Å²) in [5.41, 5.74) is 3.77. The maximum atomic E-state index is 13.2. The van der Waals surface area contributed by atoms with Gasteiger partial charge in [0.05, 0.1) is 26.1 Å². The number of esters is 2. The molecule has 3 heterocycles. The molecule has 4 aromatic rings. The average Bonchev–Trinajstić information content (AvgIpc) is 3.71. The molecule has 43 heavy (non-hydrogen) atoms. The van der Waals surface area contributed by atoms with E-state index in [9.17, 15) is 24.9 Å². The van der Waals surface area contributed by atoms with E-state index in [1.54, 1.807) is 13.8 Å². The third-order valence-corrected chi connectivity index (χ3v) is 8.15. The summed E-state index contributed by atoms with van der Waals surface area (Å²) in [6.07, 6.45) is -1.51. The molecular weight excluding hydrogens is 556 g/mol. The van der Waals surface area contributed by atoms with Gasteiger partial charge in [-0.25, -0.2) is 15.0 Å². The molecule has 0 spiro atoms. The Morgan fingerprint density at radius 1 is 0.953 bits per heavy atom. The van der Waals surface area contributed by atoms with Crippen molar-refractivity contribution in [1.82, 2.24) is 19.5 Å². The zero-order valence-corrected chi connectivity index (χ0v) is 23.7. The van der Waals surface area contributed by atoms with E-state index in [0.29, 0.717) is 22.4 Å². The highest BCUT2D eigenvalue weighted by Crippen LogP contribution is 2.45. The van der Waals surface area contributed by atoms with Crippen LogP contribution < -0.4 is 0 Å². The van der Waals surface area contributed by atoms with E-state index < -0.39 is 48.5 Å². The molecule has 12 nitrogen and oxygen atoms in total. The minimum absolute atomic E-state index is 0.104. The minimum Gasteiger partial charge on any atom is -0.465 e. The molecule has 0 amide bonds. The predicted octanol–water partition coefficient (Wildman–Crippen LogP) is 1.98. The second kappa shape index (κ2) is 11.5. The van der Waals surface area contributed by atoms with E-state index in [-0.39, 0.29) is 26.1 Å². The molecule has 3 N–H and O–H groups in total. The van der Waals surface area contributed by atoms with Crippen molar-refractivity contribution in [3.05, 3.63) is 66.2 Å². The summed E-state index contributed by atoms with van der Waals surface area (Å²) < 4.78 is 17.9. The van der Waals surface area contributed by atoms with Crippen molar-refractivity contribution in [1.29, 1.82) is 0 Å². The van der Waals surface area contributed by atoms with Crippen molar-refractivity contribution in [2.75, 3.05) is 19.8 Å². The van der Waals surface area contributed by atoms with Gasteiger partial charge in [-0.3, -0.25) is 14.2 Å². The number of rotatable bonds is 8. The van der Waals surface area contributed by atoms with Gasteiger partial charge in [0.15, 0.2) is 17.3 Å². The normalized spacial score (nSPS) is 22.4. The lowest BCUT2D eigenvalue weighted by atomic mass is 9.84. The number of aromatic nitrogens is 4. The molecule has 2 aromatic carbocycles. The van der Waals surface area contributed by atoms with Gasteiger partial charge in [0.2, 0.25) is 0 Å². The third-order valence-electron chi connectivity index (χ3n) is 8.15. The Bertz CT molecular complexity index is 1660. The fourth-order valence-corrected chi connectivity index (χ4v) is 6.04. The molecule has 1 saturated heterocycles. The Labute approximate surface area is 246 Å². The number of hydrogen-bond donors (Lipinski definition) is 3. The highest BCUT2D eigenvalue weighted by molar-refractivity contribution is 6.02. The quantitative estimate of drug-likeness (QED) is 0.203. The summed E-state index contributed by atoms with van der Waals surface area (Å²) in [6, 6.07) is 13.6. The molecule has 0 saturated carbocycles. The predicted molar refractivity (Wildman–Crippen MR) is 152 cm³/mol. The monoisotopic (exact) mass is 588 g/mol. The van der Waals surface area contributed by atoms with Crippen LogP contribution in [0.2, 0.25) is 0 Å². The van der Waals surface area contributed by atoms with E-state index >= 15 is 0 Å². The first-order chi connectivity index (χ1) is 20.8. The molecule has 2 aromatic heterocycles. The zero-order valence-electron chi connectivity index (χ0n) is 23.7. The van der Waals surface area contributed by atoms with Gasteiger partial charge < -0.3 is 29.5 Å². The van der Waals surface area contributed by atoms with Gasteiger partial charge in [-0.05, 0) is 55.0 Å². The Morgan fingerprint density at radius 2 is 1.60 bits per heavy atom. The number of carbonyl (C=O) groups excluding carboxylic acids is 2. The Hall–Kier alpha value is -4.23. The number of nitrogens with zero attached hydrogens (tertiary/aromatic N) is 4. The molecule has 0 unspecified atom stereocenters. The van der Waals surface area contributed by atoms with Crippen LogP contribution >= 0.6 is 0 Å². The SMILES string of the molecule is CCOC(=O)C1(C(=O)OCC)Cc2cc(-c3ccccc3)c(-c3ncnc4c3ncn4[C@@H]3O[C@H](CO)[C@@H](O)[C@H]3O)cc2C1. The standard InChI is InChI=1S/C31H32N4O8/c1-3-41-29(39)31(30(40)42-4-2)12-18-10-20(17-8-6-5-7-9-17)21(11-19(18)13-31)23-24-27(33-15-32-23)35(16-34-24)28-26(38)25(37)22(14-36)43-28/h5-11,15-16,22,25-26,28,36-38H,3-4,12-14H2,1-2H3/t22-,25-,26-,28-/m1/s1. The molecule has 0 bridgehead atoms. The van der Waals surface area contributed by atoms with Gasteiger partial charge in [-0.1, -0.05) is 36.4 Å². The summed E-state index contributed by atoms with van der Waals surface area (Å²) in [6.45, 7) is 3.20. The van der Waals surface area contributed by atoms with Crippen molar-refractivity contribution in [2.45, 2.75) is 51.2 Å². The highest BCUT2D eigenvalue weighted by Gasteiger charge is 2.53. The zero-order chi connectivity index (χ0) is 30.3. The first-order valence-corrected chi connectivity index (χ1v) is 14.2. The Kier molecular flexibility index (Phi) is 7.69. The first-order valence-electron chi connectivity index (χ1n) is 14.2. The van der Waals surface area contributed by atoms with Gasteiger partial charge in [0.1, 0.15) is 35.8 Å². The van der Waals surface area contributed by atoms with Crippen LogP contribution in [0.15, 0.2) is 55.1 Å². The van der Waals surface area contributed by atoms with Crippen molar-refractivity contribution < 1.29 is 39.1 Å². The Morgan fingerprint density at radius 3 is 2.21 bits per heavy atom. The van der Waals surface area contributed by atoms with Gasteiger partial charge >= 0.3 is 11.9 Å². The molecule has 1 aliphatic heterocycles. The third kappa shape index (κ3) is 4.76. The molecule has 0 radical (unpaired) electrons. The van der Waals surface area contributed by atoms with Crippen LogP contribution in [0.1, 0.15) is 31.2 Å². The first kappa shape index (κ1) is 28.9. The fraction of sp³-hybridized carbons (Fsp3) is 0.387. The van der Waals surface area contributed by atoms with E-state index in [0.717, 1.165) is 22.3 Å². The summed E-state index contributed by atoms with van der Waals surface area (Å²) in [5, 5.41) is 30.5. The van der Waals surface area contributed by atoms with Crippen molar-refractivity contribution in [3.8, 4) is 22.4 Å². The summed E-state index contributed by atoms with van der Waals surface area (Å²) in [7, 11) is 0. The van der Waals surface area contributed by atoms with Crippen molar-refractivity contribution >= 4 is 23.1 Å². The van der Waals surface area contributed by atoms with Crippen LogP contribution in [0.3, 0.4) is 0 Å². The fourth-order valence-electron chi connectivity index (χ4n) is 6.04. The van der Waals surface area contributed by atoms with Gasteiger partial charge in [-0.15, -0.1) is 0 Å². The molecule has 2 aliphatic rings. The van der Waals surface area contributed by atoms with Gasteiger partial charge in [-0.2, -0.15) is 0 Å². The van der Waals surface area contributed by atoms with E-state index in [4.69, 9.17) is 14.2 Å².